The molecule has 1 saturated carbocycles. The minimum absolute atomic E-state index is 0.0237. The van der Waals surface area contributed by atoms with E-state index in [1.165, 1.54) is 17.7 Å². The summed E-state index contributed by atoms with van der Waals surface area (Å²) in [6.45, 7) is 8.59. The minimum Gasteiger partial charge on any atom is -0.494 e. The molecule has 0 radical (unpaired) electrons. The molecule has 3 aromatic heterocycles. The Labute approximate surface area is 258 Å². The summed E-state index contributed by atoms with van der Waals surface area (Å²) in [4.78, 5) is 27.3. The molecule has 9 nitrogen and oxygen atoms in total. The first-order chi connectivity index (χ1) is 20.3. The van der Waals surface area contributed by atoms with E-state index in [2.05, 4.69) is 38.7 Å². The molecule has 11 heteroatoms. The maximum Gasteiger partial charge on any atom is 0.404 e. The molecule has 1 saturated heterocycles. The average Bonchev–Trinajstić information content (AvgIpc) is 3.60. The lowest BCUT2D eigenvalue weighted by molar-refractivity contribution is -0.0571. The molecule has 43 heavy (non-hydrogen) atoms. The van der Waals surface area contributed by atoms with E-state index < -0.39 is 35.7 Å². The molecule has 1 unspecified atom stereocenters. The number of aryl methyl sites for hydroxylation is 1. The number of nitrogens with two attached hydrogens (primary N) is 1. The molecule has 0 bridgehead atoms. The number of carbonyl (C=O) groups is 2. The lowest BCUT2D eigenvalue weighted by Gasteiger charge is -2.47. The summed E-state index contributed by atoms with van der Waals surface area (Å²) >= 11 is 3.63. The van der Waals surface area contributed by atoms with E-state index in [0.717, 1.165) is 44.4 Å². The van der Waals surface area contributed by atoms with E-state index in [1.54, 1.807) is 23.9 Å². The van der Waals surface area contributed by atoms with E-state index in [-0.39, 0.29) is 13.0 Å². The highest BCUT2D eigenvalue weighted by atomic mass is 79.9. The number of carbonyl (C=O) groups excluding carboxylic acids is 2. The summed E-state index contributed by atoms with van der Waals surface area (Å²) in [5, 5.41) is 6.13. The molecule has 3 atom stereocenters. The van der Waals surface area contributed by atoms with Gasteiger partial charge in [0.25, 0.3) is 5.91 Å². The summed E-state index contributed by atoms with van der Waals surface area (Å²) in [6.07, 6.45) is 0.847. The highest BCUT2D eigenvalue weighted by molar-refractivity contribution is 9.10. The Kier molecular flexibility index (Phi) is 7.43. The monoisotopic (exact) mass is 653 g/mol. The SMILES string of the molecule is COc1cc(C(=O)N2C[C@H](F)C[C@@H](OC(N)=O)C2C(C)(C)C)cn2nc(-c3cc4ccc(Br)cc4n3CC3CC3)c(C)c12. The first-order valence-corrected chi connectivity index (χ1v) is 15.4. The Balaban J connectivity index is 1.45. The number of rotatable bonds is 6. The summed E-state index contributed by atoms with van der Waals surface area (Å²) in [6, 6.07) is 9.54. The zero-order valence-corrected chi connectivity index (χ0v) is 26.7. The standard InChI is InChI=1S/C32H37BrFN5O4/c1-17-27(24-10-19-8-9-21(33)12-23(19)37(24)14-18-6-7-18)36-39-15-20(11-25(42-5)28(17)39)30(40)38-16-22(34)13-26(43-31(35)41)29(38)32(2,3)4/h8-12,15,18,22,26,29H,6-7,13-14,16H2,1-5H3,(H2,35,41)/t22-,26-,29?/m1/s1. The summed E-state index contributed by atoms with van der Waals surface area (Å²) < 4.78 is 31.2. The molecule has 4 heterocycles. The van der Waals surface area contributed by atoms with Crippen LogP contribution in [0, 0.1) is 18.3 Å². The van der Waals surface area contributed by atoms with Gasteiger partial charge in [-0.15, -0.1) is 0 Å². The van der Waals surface area contributed by atoms with Crippen LogP contribution in [-0.2, 0) is 11.3 Å². The van der Waals surface area contributed by atoms with Gasteiger partial charge >= 0.3 is 6.09 Å². The van der Waals surface area contributed by atoms with Crippen molar-refractivity contribution in [2.75, 3.05) is 13.7 Å². The molecule has 2 amide bonds. The summed E-state index contributed by atoms with van der Waals surface area (Å²) in [5.74, 6) is 0.732. The molecule has 228 valence electrons. The Morgan fingerprint density at radius 2 is 1.93 bits per heavy atom. The summed E-state index contributed by atoms with van der Waals surface area (Å²) in [5.41, 5.74) is 9.73. The highest BCUT2D eigenvalue weighted by Crippen LogP contribution is 2.40. The predicted octanol–water partition coefficient (Wildman–Crippen LogP) is 6.51. The van der Waals surface area contributed by atoms with Crippen LogP contribution in [0.5, 0.6) is 5.75 Å². The van der Waals surface area contributed by atoms with Crippen molar-refractivity contribution in [1.29, 1.82) is 0 Å². The molecule has 4 aromatic rings. The smallest absolute Gasteiger partial charge is 0.404 e. The Morgan fingerprint density at radius 3 is 2.58 bits per heavy atom. The van der Waals surface area contributed by atoms with Crippen molar-refractivity contribution in [3.05, 3.63) is 52.1 Å². The van der Waals surface area contributed by atoms with E-state index in [0.29, 0.717) is 17.2 Å². The molecule has 2 fully saturated rings. The van der Waals surface area contributed by atoms with Gasteiger partial charge in [-0.2, -0.15) is 5.10 Å². The molecule has 1 aliphatic carbocycles. The van der Waals surface area contributed by atoms with Gasteiger partial charge in [-0.3, -0.25) is 4.79 Å². The number of methoxy groups -OCH3 is 1. The van der Waals surface area contributed by atoms with Gasteiger partial charge in [0, 0.05) is 40.1 Å². The maximum absolute atomic E-state index is 15.0. The number of amides is 2. The van der Waals surface area contributed by atoms with Gasteiger partial charge in [-0.1, -0.05) is 42.8 Å². The van der Waals surface area contributed by atoms with Gasteiger partial charge < -0.3 is 24.7 Å². The maximum atomic E-state index is 15.0. The van der Waals surface area contributed by atoms with Gasteiger partial charge in [0.2, 0.25) is 0 Å². The fourth-order valence-corrected chi connectivity index (χ4v) is 6.98. The lowest BCUT2D eigenvalue weighted by Crippen LogP contribution is -2.61. The van der Waals surface area contributed by atoms with Crippen LogP contribution in [0.3, 0.4) is 0 Å². The zero-order chi connectivity index (χ0) is 30.8. The Hall–Kier alpha value is -3.60. The largest absolute Gasteiger partial charge is 0.494 e. The fourth-order valence-electron chi connectivity index (χ4n) is 6.63. The number of alkyl halides is 1. The number of pyridine rings is 1. The van der Waals surface area contributed by atoms with Crippen molar-refractivity contribution in [3.63, 3.8) is 0 Å². The Bertz CT molecular complexity index is 1740. The minimum atomic E-state index is -1.37. The van der Waals surface area contributed by atoms with Crippen molar-refractivity contribution in [1.82, 2.24) is 19.1 Å². The zero-order valence-electron chi connectivity index (χ0n) is 25.1. The molecule has 2 N–H and O–H groups in total. The lowest BCUT2D eigenvalue weighted by atomic mass is 9.78. The van der Waals surface area contributed by atoms with E-state index in [1.807, 2.05) is 33.8 Å². The van der Waals surface area contributed by atoms with Crippen LogP contribution in [0.15, 0.2) is 41.0 Å². The van der Waals surface area contributed by atoms with Crippen molar-refractivity contribution >= 4 is 44.3 Å². The molecular weight excluding hydrogens is 617 g/mol. The van der Waals surface area contributed by atoms with Crippen LogP contribution >= 0.6 is 15.9 Å². The number of ether oxygens (including phenoxy) is 2. The van der Waals surface area contributed by atoms with Crippen molar-refractivity contribution in [2.24, 2.45) is 17.1 Å². The van der Waals surface area contributed by atoms with Crippen molar-refractivity contribution in [3.8, 4) is 17.1 Å². The second-order valence-electron chi connectivity index (χ2n) is 12.9. The van der Waals surface area contributed by atoms with Gasteiger partial charge in [0.15, 0.2) is 0 Å². The number of aromatic nitrogens is 3. The number of likely N-dealkylation sites (tertiary alicyclic amines) is 1. The number of piperidine rings is 1. The molecular formula is C32H37BrFN5O4. The normalized spacial score (nSPS) is 21.0. The third-order valence-corrected chi connectivity index (χ3v) is 9.12. The van der Waals surface area contributed by atoms with E-state index in [9.17, 15) is 14.0 Å². The number of primary amides is 1. The van der Waals surface area contributed by atoms with Crippen LogP contribution in [0.25, 0.3) is 27.8 Å². The highest BCUT2D eigenvalue weighted by Gasteiger charge is 2.47. The van der Waals surface area contributed by atoms with Crippen LogP contribution < -0.4 is 10.5 Å². The molecule has 0 spiro atoms. The van der Waals surface area contributed by atoms with Gasteiger partial charge in [-0.05, 0) is 55.4 Å². The second-order valence-corrected chi connectivity index (χ2v) is 13.8. The van der Waals surface area contributed by atoms with E-state index in [4.69, 9.17) is 20.3 Å². The summed E-state index contributed by atoms with van der Waals surface area (Å²) in [7, 11) is 1.56. The van der Waals surface area contributed by atoms with Crippen LogP contribution in [0.2, 0.25) is 0 Å². The number of fused-ring (bicyclic) bond motifs is 2. The molecule has 2 aliphatic rings. The first kappa shape index (κ1) is 29.5. The number of halogens is 2. The van der Waals surface area contributed by atoms with E-state index >= 15 is 0 Å². The number of hydrogen-bond donors (Lipinski definition) is 1. The van der Waals surface area contributed by atoms with Gasteiger partial charge in [0.05, 0.1) is 31.0 Å². The molecule has 6 rings (SSSR count). The number of benzene rings is 1. The second kappa shape index (κ2) is 10.8. The average molecular weight is 655 g/mol. The molecule has 1 aromatic carbocycles. The number of nitrogens with zero attached hydrogens (tertiary/aromatic N) is 4. The Morgan fingerprint density at radius 1 is 1.19 bits per heavy atom. The van der Waals surface area contributed by atoms with Gasteiger partial charge in [-0.25, -0.2) is 13.7 Å². The molecule has 1 aliphatic heterocycles. The van der Waals surface area contributed by atoms with Crippen LogP contribution in [0.4, 0.5) is 9.18 Å². The third-order valence-electron chi connectivity index (χ3n) is 8.63. The first-order valence-electron chi connectivity index (χ1n) is 14.6. The topological polar surface area (TPSA) is 104 Å². The van der Waals surface area contributed by atoms with Crippen LogP contribution in [-0.4, -0.2) is 63.1 Å². The third kappa shape index (κ3) is 5.47. The predicted molar refractivity (Wildman–Crippen MR) is 166 cm³/mol. The van der Waals surface area contributed by atoms with Crippen LogP contribution in [0.1, 0.15) is 56.0 Å². The number of hydrogen-bond acceptors (Lipinski definition) is 5. The van der Waals surface area contributed by atoms with Gasteiger partial charge in [0.1, 0.15) is 29.2 Å². The van der Waals surface area contributed by atoms with Crippen molar-refractivity contribution < 1.29 is 23.5 Å². The van der Waals surface area contributed by atoms with Crippen molar-refractivity contribution in [2.45, 2.75) is 71.8 Å². The fraction of sp³-hybridized carbons (Fsp3) is 0.469. The quantitative estimate of drug-likeness (QED) is 0.256.